The Morgan fingerprint density at radius 1 is 1.04 bits per heavy atom. The second-order valence-corrected chi connectivity index (χ2v) is 12.6. The van der Waals surface area contributed by atoms with Gasteiger partial charge in [-0.15, -0.1) is 0 Å². The van der Waals surface area contributed by atoms with Crippen molar-refractivity contribution in [3.8, 4) is 23.0 Å². The van der Waals surface area contributed by atoms with Crippen molar-refractivity contribution in [1.82, 2.24) is 4.57 Å². The number of methoxy groups -OCH3 is 3. The molecule has 3 aromatic carbocycles. The van der Waals surface area contributed by atoms with Gasteiger partial charge in [-0.25, -0.2) is 14.2 Å². The maximum atomic E-state index is 14.3. The zero-order valence-electron chi connectivity index (χ0n) is 26.6. The Bertz CT molecular complexity index is 2020. The average Bonchev–Trinajstić information content (AvgIpc) is 3.37. The molecule has 0 saturated carbocycles. The quantitative estimate of drug-likeness (QED) is 0.130. The molecule has 1 aliphatic rings. The molecule has 0 N–H and O–H groups in total. The van der Waals surface area contributed by atoms with Crippen LogP contribution in [0.5, 0.6) is 23.0 Å². The molecule has 0 radical (unpaired) electrons. The first-order valence-electron chi connectivity index (χ1n) is 14.9. The van der Waals surface area contributed by atoms with Crippen LogP contribution < -0.4 is 33.8 Å². The van der Waals surface area contributed by atoms with Crippen molar-refractivity contribution in [1.29, 1.82) is 0 Å². The fourth-order valence-corrected chi connectivity index (χ4v) is 7.15. The molecule has 0 spiro atoms. The number of carbonyl (C=O) groups is 1. The van der Waals surface area contributed by atoms with Gasteiger partial charge in [-0.05, 0) is 84.0 Å². The van der Waals surface area contributed by atoms with Crippen LogP contribution in [-0.4, -0.2) is 38.5 Å². The third-order valence-electron chi connectivity index (χ3n) is 7.50. The number of ether oxygens (including phenoxy) is 5. The van der Waals surface area contributed by atoms with Gasteiger partial charge in [0.1, 0.15) is 30.0 Å². The minimum atomic E-state index is -0.872. The van der Waals surface area contributed by atoms with Gasteiger partial charge in [-0.3, -0.25) is 9.36 Å². The van der Waals surface area contributed by atoms with Crippen molar-refractivity contribution in [3.05, 3.63) is 112 Å². The molecule has 5 rings (SSSR count). The van der Waals surface area contributed by atoms with E-state index >= 15 is 0 Å². The summed E-state index contributed by atoms with van der Waals surface area (Å²) in [6.07, 6.45) is 2.98. The highest BCUT2D eigenvalue weighted by Crippen LogP contribution is 2.39. The van der Waals surface area contributed by atoms with Gasteiger partial charge in [0.05, 0.1) is 47.3 Å². The number of aromatic nitrogens is 1. The molecule has 0 amide bonds. The highest BCUT2D eigenvalue weighted by molar-refractivity contribution is 14.1. The van der Waals surface area contributed by atoms with Gasteiger partial charge in [-0.2, -0.15) is 0 Å². The molecule has 1 aliphatic heterocycles. The van der Waals surface area contributed by atoms with E-state index in [0.717, 1.165) is 6.42 Å². The molecule has 0 saturated heterocycles. The standard InChI is InChI=1S/C35H34FIN2O7S/c1-6-10-26-30(34(41)45-7-2)31(23-18-22(42-3)13-14-27(23)43-4)39-33(40)29(47-35(39)38-26)17-20-15-25(37)32(28(16-20)44-5)46-19-21-11-8-9-12-24(21)36/h8-9,11-18,31H,6-7,10,19H2,1-5H3/b29-17-/t31-/m0/s1. The van der Waals surface area contributed by atoms with Crippen LogP contribution in [-0.2, 0) is 16.1 Å². The summed E-state index contributed by atoms with van der Waals surface area (Å²) in [5.41, 5.74) is 2.17. The van der Waals surface area contributed by atoms with Crippen molar-refractivity contribution in [2.24, 2.45) is 4.99 Å². The molecule has 0 unspecified atom stereocenters. The summed E-state index contributed by atoms with van der Waals surface area (Å²) in [4.78, 5) is 33.1. The Hall–Kier alpha value is -4.17. The lowest BCUT2D eigenvalue weighted by atomic mass is 9.93. The maximum Gasteiger partial charge on any atom is 0.338 e. The smallest absolute Gasteiger partial charge is 0.338 e. The Kier molecular flexibility index (Phi) is 11.0. The zero-order chi connectivity index (χ0) is 33.7. The van der Waals surface area contributed by atoms with Gasteiger partial charge in [0.25, 0.3) is 5.56 Å². The van der Waals surface area contributed by atoms with Gasteiger partial charge in [0.15, 0.2) is 16.3 Å². The molecule has 12 heteroatoms. The molecular formula is C35H34FIN2O7S. The largest absolute Gasteiger partial charge is 0.497 e. The third-order valence-corrected chi connectivity index (χ3v) is 9.29. The normalized spacial score (nSPS) is 14.4. The van der Waals surface area contributed by atoms with Crippen LogP contribution in [0.3, 0.4) is 0 Å². The zero-order valence-corrected chi connectivity index (χ0v) is 29.6. The van der Waals surface area contributed by atoms with Crippen LogP contribution in [0.1, 0.15) is 49.4 Å². The number of hydrogen-bond donors (Lipinski definition) is 0. The van der Waals surface area contributed by atoms with Gasteiger partial charge < -0.3 is 23.7 Å². The fourth-order valence-electron chi connectivity index (χ4n) is 5.35. The summed E-state index contributed by atoms with van der Waals surface area (Å²) >= 11 is 3.35. The monoisotopic (exact) mass is 772 g/mol. The molecule has 0 fully saturated rings. The van der Waals surface area contributed by atoms with E-state index in [1.165, 1.54) is 36.2 Å². The van der Waals surface area contributed by atoms with E-state index < -0.39 is 12.0 Å². The predicted molar refractivity (Wildman–Crippen MR) is 186 cm³/mol. The Labute approximate surface area is 289 Å². The third kappa shape index (κ3) is 7.08. The molecule has 4 aromatic rings. The highest BCUT2D eigenvalue weighted by Gasteiger charge is 2.36. The molecular weight excluding hydrogens is 738 g/mol. The lowest BCUT2D eigenvalue weighted by molar-refractivity contribution is -0.139. The lowest BCUT2D eigenvalue weighted by Gasteiger charge is -2.27. The second-order valence-electron chi connectivity index (χ2n) is 10.4. The summed E-state index contributed by atoms with van der Waals surface area (Å²) < 4.78 is 45.2. The fraction of sp³-hybridized carbons (Fsp3) is 0.286. The van der Waals surface area contributed by atoms with E-state index in [0.29, 0.717) is 64.7 Å². The van der Waals surface area contributed by atoms with Gasteiger partial charge in [0.2, 0.25) is 0 Å². The van der Waals surface area contributed by atoms with Crippen LogP contribution in [0.2, 0.25) is 0 Å². The van der Waals surface area contributed by atoms with Crippen molar-refractivity contribution in [2.75, 3.05) is 27.9 Å². The number of rotatable bonds is 12. The highest BCUT2D eigenvalue weighted by atomic mass is 127. The number of fused-ring (bicyclic) bond motifs is 1. The first-order chi connectivity index (χ1) is 22.7. The number of nitrogens with zero attached hydrogens (tertiary/aromatic N) is 2. The van der Waals surface area contributed by atoms with E-state index in [1.807, 2.05) is 13.0 Å². The lowest BCUT2D eigenvalue weighted by Crippen LogP contribution is -2.40. The summed E-state index contributed by atoms with van der Waals surface area (Å²) in [5, 5.41) is 0. The molecule has 2 heterocycles. The van der Waals surface area contributed by atoms with Gasteiger partial charge in [0, 0.05) is 11.1 Å². The van der Waals surface area contributed by atoms with Crippen molar-refractivity contribution in [2.45, 2.75) is 39.3 Å². The number of carbonyl (C=O) groups excluding carboxylic acids is 1. The first-order valence-corrected chi connectivity index (χ1v) is 16.8. The number of hydrogen-bond acceptors (Lipinski definition) is 9. The number of thiazole rings is 1. The summed E-state index contributed by atoms with van der Waals surface area (Å²) in [7, 11) is 4.61. The number of halogens is 2. The summed E-state index contributed by atoms with van der Waals surface area (Å²) in [6, 6.07) is 14.4. The van der Waals surface area contributed by atoms with Crippen LogP contribution in [0, 0.1) is 9.39 Å². The summed E-state index contributed by atoms with van der Waals surface area (Å²) in [6.45, 7) is 3.92. The van der Waals surface area contributed by atoms with Crippen molar-refractivity contribution < 1.29 is 32.9 Å². The first kappa shape index (κ1) is 34.2. The number of benzene rings is 3. The van der Waals surface area contributed by atoms with E-state index in [4.69, 9.17) is 28.7 Å². The van der Waals surface area contributed by atoms with E-state index in [2.05, 4.69) is 22.6 Å². The van der Waals surface area contributed by atoms with E-state index in [1.54, 1.807) is 62.6 Å². The van der Waals surface area contributed by atoms with Gasteiger partial charge >= 0.3 is 5.97 Å². The predicted octanol–water partition coefficient (Wildman–Crippen LogP) is 5.93. The Morgan fingerprint density at radius 2 is 1.81 bits per heavy atom. The minimum Gasteiger partial charge on any atom is -0.497 e. The van der Waals surface area contributed by atoms with Gasteiger partial charge in [-0.1, -0.05) is 42.9 Å². The maximum absolute atomic E-state index is 14.3. The molecule has 47 heavy (non-hydrogen) atoms. The molecule has 9 nitrogen and oxygen atoms in total. The Morgan fingerprint density at radius 3 is 2.49 bits per heavy atom. The van der Waals surface area contributed by atoms with Crippen molar-refractivity contribution in [3.63, 3.8) is 0 Å². The topological polar surface area (TPSA) is 97.6 Å². The average molecular weight is 773 g/mol. The molecule has 0 bridgehead atoms. The van der Waals surface area contributed by atoms with Crippen LogP contribution >= 0.6 is 33.9 Å². The molecule has 246 valence electrons. The molecule has 0 aliphatic carbocycles. The van der Waals surface area contributed by atoms with Crippen LogP contribution in [0.4, 0.5) is 4.39 Å². The van der Waals surface area contributed by atoms with E-state index in [-0.39, 0.29) is 30.2 Å². The number of esters is 1. The Balaban J connectivity index is 1.66. The summed E-state index contributed by atoms with van der Waals surface area (Å²) in [5.74, 6) is 1.01. The minimum absolute atomic E-state index is 0.0214. The van der Waals surface area contributed by atoms with Crippen LogP contribution in [0.25, 0.3) is 6.08 Å². The molecule has 1 atom stereocenters. The van der Waals surface area contributed by atoms with Crippen molar-refractivity contribution >= 4 is 46.0 Å². The van der Waals surface area contributed by atoms with Crippen LogP contribution in [0.15, 0.2) is 75.7 Å². The second kappa shape index (κ2) is 15.2. The van der Waals surface area contributed by atoms with E-state index in [9.17, 15) is 14.0 Å². The molecule has 1 aromatic heterocycles. The number of allylic oxidation sites excluding steroid dienone is 1. The SMILES string of the molecule is CCCC1=C(C(=O)OCC)[C@H](c2cc(OC)ccc2OC)n2c(s/c(=C\c3cc(I)c(OCc4ccccc4F)c(OC)c3)c2=O)=N1.